The van der Waals surface area contributed by atoms with Gasteiger partial charge in [-0.15, -0.1) is 0 Å². The summed E-state index contributed by atoms with van der Waals surface area (Å²) in [6.45, 7) is 4.29. The Balaban J connectivity index is 1.95. The van der Waals surface area contributed by atoms with Crippen molar-refractivity contribution < 1.29 is 4.79 Å². The molecule has 2 heterocycles. The zero-order chi connectivity index (χ0) is 14.3. The number of carbonyl (C=O) groups excluding carboxylic acids is 1. The average Bonchev–Trinajstić information content (AvgIpc) is 3.01. The van der Waals surface area contributed by atoms with Crippen LogP contribution in [0.25, 0.3) is 0 Å². The molecule has 0 saturated carbocycles. The topological polar surface area (TPSA) is 49.6 Å². The van der Waals surface area contributed by atoms with Gasteiger partial charge in [-0.05, 0) is 49.5 Å². The summed E-state index contributed by atoms with van der Waals surface area (Å²) < 4.78 is 0. The number of hydrogen-bond donors (Lipinski definition) is 1. The maximum absolute atomic E-state index is 11.7. The van der Waals surface area contributed by atoms with Crippen molar-refractivity contribution in [3.8, 4) is 0 Å². The highest BCUT2D eigenvalue weighted by Gasteiger charge is 2.33. The second kappa shape index (κ2) is 5.19. The Morgan fingerprint density at radius 1 is 1.45 bits per heavy atom. The molecule has 20 heavy (non-hydrogen) atoms. The molecule has 2 atom stereocenters. The Kier molecular flexibility index (Phi) is 3.52. The number of nitrogens with two attached hydrogens (primary N) is 1. The van der Waals surface area contributed by atoms with E-state index < -0.39 is 0 Å². The highest BCUT2D eigenvalue weighted by atomic mass is 16.2. The van der Waals surface area contributed by atoms with Gasteiger partial charge in [0, 0.05) is 31.7 Å². The summed E-state index contributed by atoms with van der Waals surface area (Å²) in [6.07, 6.45) is 2.10. The van der Waals surface area contributed by atoms with Crippen LogP contribution in [-0.2, 0) is 11.2 Å². The van der Waals surface area contributed by atoms with E-state index in [2.05, 4.69) is 30.1 Å². The minimum atomic E-state index is 0.139. The molecule has 2 aliphatic heterocycles. The van der Waals surface area contributed by atoms with Gasteiger partial charge in [0.2, 0.25) is 5.91 Å². The van der Waals surface area contributed by atoms with Crippen molar-refractivity contribution >= 4 is 11.6 Å². The maximum atomic E-state index is 11.7. The second-order valence-corrected chi connectivity index (χ2v) is 6.06. The number of amides is 1. The molecule has 4 heteroatoms. The number of rotatable bonds is 2. The minimum Gasteiger partial charge on any atom is -0.330 e. The van der Waals surface area contributed by atoms with Crippen LogP contribution in [0.4, 0.5) is 5.69 Å². The van der Waals surface area contributed by atoms with Crippen LogP contribution in [0.2, 0.25) is 0 Å². The molecule has 2 aliphatic rings. The van der Waals surface area contributed by atoms with Crippen molar-refractivity contribution in [1.29, 1.82) is 0 Å². The van der Waals surface area contributed by atoms with Crippen LogP contribution in [0.15, 0.2) is 18.2 Å². The van der Waals surface area contributed by atoms with Crippen molar-refractivity contribution in [2.45, 2.75) is 25.8 Å². The standard InChI is InChI=1S/C16H23N3O/c1-11(20)19-7-6-14-13(4-3-5-15(14)19)16-8-12(9-17)10-18(16)2/h3-5,12,16H,6-10,17H2,1-2H3. The highest BCUT2D eigenvalue weighted by molar-refractivity contribution is 5.94. The Labute approximate surface area is 120 Å². The van der Waals surface area contributed by atoms with Gasteiger partial charge in [0.25, 0.3) is 0 Å². The Bertz CT molecular complexity index is 528. The molecule has 0 spiro atoms. The fraction of sp³-hybridized carbons (Fsp3) is 0.562. The smallest absolute Gasteiger partial charge is 0.223 e. The zero-order valence-electron chi connectivity index (χ0n) is 12.3. The van der Waals surface area contributed by atoms with Gasteiger partial charge in [-0.3, -0.25) is 9.69 Å². The number of hydrogen-bond acceptors (Lipinski definition) is 3. The summed E-state index contributed by atoms with van der Waals surface area (Å²) in [4.78, 5) is 16.0. The molecule has 1 aromatic carbocycles. The van der Waals surface area contributed by atoms with Crippen LogP contribution >= 0.6 is 0 Å². The predicted octanol–water partition coefficient (Wildman–Crippen LogP) is 1.55. The quantitative estimate of drug-likeness (QED) is 0.889. The van der Waals surface area contributed by atoms with Crippen molar-refractivity contribution in [3.05, 3.63) is 29.3 Å². The third kappa shape index (κ3) is 2.13. The van der Waals surface area contributed by atoms with Crippen molar-refractivity contribution in [1.82, 2.24) is 4.90 Å². The van der Waals surface area contributed by atoms with Gasteiger partial charge in [0.1, 0.15) is 0 Å². The molecular formula is C16H23N3O. The van der Waals surface area contributed by atoms with E-state index >= 15 is 0 Å². The van der Waals surface area contributed by atoms with Crippen LogP contribution in [-0.4, -0.2) is 37.5 Å². The first-order valence-electron chi connectivity index (χ1n) is 7.42. The van der Waals surface area contributed by atoms with E-state index in [1.807, 2.05) is 4.90 Å². The van der Waals surface area contributed by atoms with Gasteiger partial charge < -0.3 is 10.6 Å². The number of nitrogens with zero attached hydrogens (tertiary/aromatic N) is 2. The first kappa shape index (κ1) is 13.6. The molecule has 0 aromatic heterocycles. The molecule has 1 fully saturated rings. The van der Waals surface area contributed by atoms with Crippen molar-refractivity contribution in [3.63, 3.8) is 0 Å². The SMILES string of the molecule is CC(=O)N1CCc2c(C3CC(CN)CN3C)cccc21. The van der Waals surface area contributed by atoms with Crippen LogP contribution in [0, 0.1) is 5.92 Å². The maximum Gasteiger partial charge on any atom is 0.223 e. The van der Waals surface area contributed by atoms with Gasteiger partial charge in [-0.2, -0.15) is 0 Å². The van der Waals surface area contributed by atoms with Crippen LogP contribution in [0.5, 0.6) is 0 Å². The second-order valence-electron chi connectivity index (χ2n) is 6.06. The van der Waals surface area contributed by atoms with E-state index in [-0.39, 0.29) is 5.91 Å². The summed E-state index contributed by atoms with van der Waals surface area (Å²) >= 11 is 0. The van der Waals surface area contributed by atoms with E-state index in [0.717, 1.165) is 38.2 Å². The monoisotopic (exact) mass is 273 g/mol. The zero-order valence-corrected chi connectivity index (χ0v) is 12.3. The van der Waals surface area contributed by atoms with E-state index in [1.165, 1.54) is 11.1 Å². The fourth-order valence-corrected chi connectivity index (χ4v) is 3.74. The lowest BCUT2D eigenvalue weighted by molar-refractivity contribution is -0.116. The van der Waals surface area contributed by atoms with Gasteiger partial charge >= 0.3 is 0 Å². The Hall–Kier alpha value is -1.39. The molecule has 0 bridgehead atoms. The highest BCUT2D eigenvalue weighted by Crippen LogP contribution is 2.40. The van der Waals surface area contributed by atoms with E-state index in [9.17, 15) is 4.79 Å². The number of benzene rings is 1. The lowest BCUT2D eigenvalue weighted by Gasteiger charge is -2.23. The number of likely N-dealkylation sites (tertiary alicyclic amines) is 1. The Morgan fingerprint density at radius 3 is 2.90 bits per heavy atom. The van der Waals surface area contributed by atoms with E-state index in [1.54, 1.807) is 6.92 Å². The first-order valence-corrected chi connectivity index (χ1v) is 7.42. The molecule has 2 N–H and O–H groups in total. The molecule has 1 aromatic rings. The largest absolute Gasteiger partial charge is 0.330 e. The van der Waals surface area contributed by atoms with Gasteiger partial charge in [-0.25, -0.2) is 0 Å². The van der Waals surface area contributed by atoms with E-state index in [4.69, 9.17) is 5.73 Å². The lowest BCUT2D eigenvalue weighted by Crippen LogP contribution is -2.25. The Morgan fingerprint density at radius 2 is 2.25 bits per heavy atom. The summed E-state index contributed by atoms with van der Waals surface area (Å²) in [5, 5.41) is 0. The molecule has 1 amide bonds. The third-order valence-electron chi connectivity index (χ3n) is 4.77. The molecule has 4 nitrogen and oxygen atoms in total. The summed E-state index contributed by atoms with van der Waals surface area (Å²) in [5.74, 6) is 0.728. The van der Waals surface area contributed by atoms with Gasteiger partial charge in [0.15, 0.2) is 0 Å². The minimum absolute atomic E-state index is 0.139. The lowest BCUT2D eigenvalue weighted by atomic mass is 9.94. The molecular weight excluding hydrogens is 250 g/mol. The molecule has 0 aliphatic carbocycles. The number of carbonyl (C=O) groups is 1. The summed E-state index contributed by atoms with van der Waals surface area (Å²) in [5.41, 5.74) is 9.69. The van der Waals surface area contributed by atoms with Crippen LogP contribution in [0.3, 0.4) is 0 Å². The summed E-state index contributed by atoms with van der Waals surface area (Å²) in [7, 11) is 2.18. The molecule has 108 valence electrons. The van der Waals surface area contributed by atoms with Crippen molar-refractivity contribution in [2.24, 2.45) is 11.7 Å². The first-order chi connectivity index (χ1) is 9.61. The average molecular weight is 273 g/mol. The fourth-order valence-electron chi connectivity index (χ4n) is 3.74. The van der Waals surface area contributed by atoms with Gasteiger partial charge in [0.05, 0.1) is 0 Å². The number of fused-ring (bicyclic) bond motifs is 1. The van der Waals surface area contributed by atoms with Crippen molar-refractivity contribution in [2.75, 3.05) is 31.6 Å². The predicted molar refractivity (Wildman–Crippen MR) is 80.7 cm³/mol. The molecule has 0 radical (unpaired) electrons. The molecule has 2 unspecified atom stereocenters. The van der Waals surface area contributed by atoms with E-state index in [0.29, 0.717) is 12.0 Å². The molecule has 3 rings (SSSR count). The van der Waals surface area contributed by atoms with Crippen LogP contribution in [0.1, 0.15) is 30.5 Å². The normalized spacial score (nSPS) is 26.1. The molecule has 1 saturated heterocycles. The van der Waals surface area contributed by atoms with Crippen LogP contribution < -0.4 is 10.6 Å². The van der Waals surface area contributed by atoms with Gasteiger partial charge in [-0.1, -0.05) is 12.1 Å². The number of anilines is 1. The summed E-state index contributed by atoms with van der Waals surface area (Å²) in [6, 6.07) is 6.83. The third-order valence-corrected chi connectivity index (χ3v) is 4.77.